The normalized spacial score (nSPS) is 11.6. The Morgan fingerprint density at radius 3 is 2.37 bits per heavy atom. The molecule has 0 radical (unpaired) electrons. The Bertz CT molecular complexity index is 861. The Balaban J connectivity index is 2.04. The summed E-state index contributed by atoms with van der Waals surface area (Å²) < 4.78 is 6.77. The molecule has 9 heteroatoms. The Hall–Kier alpha value is -2.87. The molecule has 144 valence electrons. The summed E-state index contributed by atoms with van der Waals surface area (Å²) in [5.41, 5.74) is 2.51. The van der Waals surface area contributed by atoms with Gasteiger partial charge in [0, 0.05) is 6.54 Å². The number of halogens is 1. The number of hydrogen-bond acceptors (Lipinski definition) is 5. The summed E-state index contributed by atoms with van der Waals surface area (Å²) in [7, 11) is 0. The van der Waals surface area contributed by atoms with Gasteiger partial charge >= 0.3 is 12.0 Å². The number of aryl methyl sites for hydroxylation is 1. The van der Waals surface area contributed by atoms with Crippen LogP contribution in [0.3, 0.4) is 0 Å². The number of carbonyl (C=O) groups excluding carboxylic acids is 3. The van der Waals surface area contributed by atoms with Crippen LogP contribution in [0.1, 0.15) is 35.6 Å². The number of nitrogens with one attached hydrogen (secondary N) is 2. The summed E-state index contributed by atoms with van der Waals surface area (Å²) in [6, 6.07) is 5.89. The minimum Gasteiger partial charge on any atom is -0.449 e. The third-order valence-corrected chi connectivity index (χ3v) is 4.32. The Labute approximate surface area is 161 Å². The highest BCUT2D eigenvalue weighted by atomic mass is 35.5. The lowest BCUT2D eigenvalue weighted by atomic mass is 10.2. The van der Waals surface area contributed by atoms with Gasteiger partial charge in [0.1, 0.15) is 0 Å². The van der Waals surface area contributed by atoms with Gasteiger partial charge in [-0.25, -0.2) is 14.3 Å². The fraction of sp³-hybridized carbons (Fsp3) is 0.333. The van der Waals surface area contributed by atoms with E-state index in [0.29, 0.717) is 17.3 Å². The Morgan fingerprint density at radius 1 is 1.22 bits per heavy atom. The van der Waals surface area contributed by atoms with Crippen molar-refractivity contribution in [2.24, 2.45) is 0 Å². The molecule has 1 heterocycles. The second-order valence-corrected chi connectivity index (χ2v) is 6.22. The second kappa shape index (κ2) is 8.68. The molecule has 8 nitrogen and oxygen atoms in total. The smallest absolute Gasteiger partial charge is 0.338 e. The van der Waals surface area contributed by atoms with E-state index in [0.717, 1.165) is 11.4 Å². The molecule has 0 aliphatic carbocycles. The second-order valence-electron chi connectivity index (χ2n) is 5.84. The number of nitrogens with zero attached hydrogens (tertiary/aromatic N) is 2. The molecule has 2 aromatic rings. The first-order chi connectivity index (χ1) is 12.7. The maximum Gasteiger partial charge on any atom is 0.338 e. The van der Waals surface area contributed by atoms with Crippen molar-refractivity contribution in [1.29, 1.82) is 0 Å². The first kappa shape index (κ1) is 20.4. The van der Waals surface area contributed by atoms with E-state index in [1.54, 1.807) is 35.9 Å². The first-order valence-corrected chi connectivity index (χ1v) is 8.74. The summed E-state index contributed by atoms with van der Waals surface area (Å²) in [6.45, 7) is 7.14. The van der Waals surface area contributed by atoms with Crippen molar-refractivity contribution < 1.29 is 19.1 Å². The van der Waals surface area contributed by atoms with Crippen LogP contribution in [-0.4, -0.2) is 40.3 Å². The predicted molar refractivity (Wildman–Crippen MR) is 100 cm³/mol. The number of amides is 3. The van der Waals surface area contributed by atoms with Crippen molar-refractivity contribution in [2.45, 2.75) is 33.8 Å². The quantitative estimate of drug-likeness (QED) is 0.761. The number of esters is 1. The lowest BCUT2D eigenvalue weighted by molar-refractivity contribution is -0.127. The number of imide groups is 1. The number of rotatable bonds is 5. The zero-order valence-corrected chi connectivity index (χ0v) is 16.3. The topological polar surface area (TPSA) is 102 Å². The molecule has 1 atom stereocenters. The molecule has 0 unspecified atom stereocenters. The molecule has 1 aromatic carbocycles. The minimum absolute atomic E-state index is 0.268. The third-order valence-electron chi connectivity index (χ3n) is 3.78. The molecule has 0 saturated heterocycles. The van der Waals surface area contributed by atoms with Crippen LogP contribution in [0.4, 0.5) is 4.79 Å². The van der Waals surface area contributed by atoms with Gasteiger partial charge in [-0.2, -0.15) is 5.10 Å². The average molecular weight is 393 g/mol. The highest BCUT2D eigenvalue weighted by molar-refractivity contribution is 6.31. The van der Waals surface area contributed by atoms with Gasteiger partial charge in [0.15, 0.2) is 6.10 Å². The number of urea groups is 1. The number of benzene rings is 1. The van der Waals surface area contributed by atoms with Crippen molar-refractivity contribution in [3.05, 3.63) is 46.2 Å². The van der Waals surface area contributed by atoms with Gasteiger partial charge in [0.05, 0.1) is 27.7 Å². The monoisotopic (exact) mass is 392 g/mol. The van der Waals surface area contributed by atoms with E-state index in [9.17, 15) is 14.4 Å². The highest BCUT2D eigenvalue weighted by Gasteiger charge is 2.21. The Morgan fingerprint density at radius 2 is 1.85 bits per heavy atom. The highest BCUT2D eigenvalue weighted by Crippen LogP contribution is 2.22. The van der Waals surface area contributed by atoms with Crippen molar-refractivity contribution in [3.8, 4) is 5.69 Å². The SMILES string of the molecule is CCNC(=O)NC(=O)[C@H](C)OC(=O)c1ccc(-n2nc(C)c(Cl)c2C)cc1. The summed E-state index contributed by atoms with van der Waals surface area (Å²) >= 11 is 6.15. The molecule has 0 aliphatic heterocycles. The number of hydrogen-bond donors (Lipinski definition) is 2. The van der Waals surface area contributed by atoms with Crippen molar-refractivity contribution in [2.75, 3.05) is 6.54 Å². The van der Waals surface area contributed by atoms with E-state index in [1.165, 1.54) is 6.92 Å². The van der Waals surface area contributed by atoms with Gasteiger partial charge in [-0.15, -0.1) is 0 Å². The van der Waals surface area contributed by atoms with Crippen LogP contribution in [-0.2, 0) is 9.53 Å². The van der Waals surface area contributed by atoms with Gasteiger partial charge in [-0.1, -0.05) is 11.6 Å². The standard InChI is InChI=1S/C18H21ClN4O4/c1-5-20-18(26)21-16(24)12(4)27-17(25)13-6-8-14(9-7-13)23-11(3)15(19)10(2)22-23/h6-9,12H,5H2,1-4H3,(H2,20,21,24,26)/t12-/m0/s1. The van der Waals surface area contributed by atoms with Crippen LogP contribution in [0.2, 0.25) is 5.02 Å². The molecule has 0 aliphatic rings. The lowest BCUT2D eigenvalue weighted by Crippen LogP contribution is -2.44. The van der Waals surface area contributed by atoms with Gasteiger partial charge in [0.2, 0.25) is 0 Å². The zero-order chi connectivity index (χ0) is 20.1. The third kappa shape index (κ3) is 4.85. The van der Waals surface area contributed by atoms with E-state index in [2.05, 4.69) is 15.7 Å². The lowest BCUT2D eigenvalue weighted by Gasteiger charge is -2.13. The van der Waals surface area contributed by atoms with Gasteiger partial charge in [-0.05, 0) is 52.0 Å². The summed E-state index contributed by atoms with van der Waals surface area (Å²) in [6.07, 6.45) is -1.12. The van der Waals surface area contributed by atoms with Gasteiger partial charge in [-0.3, -0.25) is 10.1 Å². The zero-order valence-electron chi connectivity index (χ0n) is 15.5. The Kier molecular flexibility index (Phi) is 6.57. The van der Waals surface area contributed by atoms with E-state index < -0.39 is 24.0 Å². The summed E-state index contributed by atoms with van der Waals surface area (Å²) in [5, 5.41) is 9.45. The number of carbonyl (C=O) groups is 3. The predicted octanol–water partition coefficient (Wildman–Crippen LogP) is 2.53. The van der Waals surface area contributed by atoms with Crippen LogP contribution in [0.5, 0.6) is 0 Å². The molecule has 3 amide bonds. The maximum atomic E-state index is 12.2. The summed E-state index contributed by atoms with van der Waals surface area (Å²) in [4.78, 5) is 35.4. The maximum absolute atomic E-state index is 12.2. The van der Waals surface area contributed by atoms with Gasteiger partial charge in [0.25, 0.3) is 5.91 Å². The molecule has 0 bridgehead atoms. The summed E-state index contributed by atoms with van der Waals surface area (Å²) in [5.74, 6) is -1.38. The number of ether oxygens (including phenoxy) is 1. The fourth-order valence-electron chi connectivity index (χ4n) is 2.31. The fourth-order valence-corrected chi connectivity index (χ4v) is 2.43. The molecular formula is C18H21ClN4O4. The van der Waals surface area contributed by atoms with Crippen LogP contribution in [0.15, 0.2) is 24.3 Å². The molecule has 0 spiro atoms. The average Bonchev–Trinajstić information content (AvgIpc) is 2.89. The largest absolute Gasteiger partial charge is 0.449 e. The van der Waals surface area contributed by atoms with E-state index >= 15 is 0 Å². The van der Waals surface area contributed by atoms with Crippen LogP contribution in [0.25, 0.3) is 5.69 Å². The minimum atomic E-state index is -1.12. The van der Waals surface area contributed by atoms with E-state index in [-0.39, 0.29) is 5.56 Å². The van der Waals surface area contributed by atoms with Crippen LogP contribution >= 0.6 is 11.6 Å². The molecule has 0 fully saturated rings. The molecule has 1 aromatic heterocycles. The van der Waals surface area contributed by atoms with Crippen LogP contribution < -0.4 is 10.6 Å². The molecule has 2 rings (SSSR count). The number of aromatic nitrogens is 2. The molecule has 0 saturated carbocycles. The van der Waals surface area contributed by atoms with Crippen molar-refractivity contribution in [1.82, 2.24) is 20.4 Å². The molecule has 2 N–H and O–H groups in total. The van der Waals surface area contributed by atoms with Crippen molar-refractivity contribution in [3.63, 3.8) is 0 Å². The molecular weight excluding hydrogens is 372 g/mol. The van der Waals surface area contributed by atoms with Crippen LogP contribution in [0, 0.1) is 13.8 Å². The van der Waals surface area contributed by atoms with E-state index in [1.807, 2.05) is 13.8 Å². The molecule has 27 heavy (non-hydrogen) atoms. The first-order valence-electron chi connectivity index (χ1n) is 8.36. The van der Waals surface area contributed by atoms with E-state index in [4.69, 9.17) is 16.3 Å². The van der Waals surface area contributed by atoms with Crippen molar-refractivity contribution >= 4 is 29.5 Å². The van der Waals surface area contributed by atoms with Gasteiger partial charge < -0.3 is 10.1 Å².